The van der Waals surface area contributed by atoms with E-state index in [1.54, 1.807) is 37.3 Å². The average molecular weight is 622 g/mol. The lowest BCUT2D eigenvalue weighted by atomic mass is 9.90. The van der Waals surface area contributed by atoms with Gasteiger partial charge >= 0.3 is 0 Å². The molecule has 0 unspecified atom stereocenters. The summed E-state index contributed by atoms with van der Waals surface area (Å²) in [5.41, 5.74) is 3.09. The van der Waals surface area contributed by atoms with E-state index >= 15 is 4.39 Å². The molecule has 10 nitrogen and oxygen atoms in total. The van der Waals surface area contributed by atoms with E-state index in [1.807, 2.05) is 12.3 Å². The molecule has 0 bridgehead atoms. The van der Waals surface area contributed by atoms with E-state index in [1.165, 1.54) is 29.6 Å². The number of nitrogens with one attached hydrogen (secondary N) is 1. The number of halogens is 1. The number of aromatic nitrogens is 5. The number of pyridine rings is 1. The molecule has 4 heterocycles. The van der Waals surface area contributed by atoms with Crippen molar-refractivity contribution in [3.05, 3.63) is 111 Å². The van der Waals surface area contributed by atoms with Crippen molar-refractivity contribution in [3.63, 3.8) is 0 Å². The van der Waals surface area contributed by atoms with Crippen LogP contribution in [0.25, 0.3) is 33.3 Å². The molecule has 1 fully saturated rings. The van der Waals surface area contributed by atoms with Gasteiger partial charge in [0.25, 0.3) is 11.1 Å². The summed E-state index contributed by atoms with van der Waals surface area (Å²) < 4.78 is 17.4. The highest BCUT2D eigenvalue weighted by Gasteiger charge is 2.21. The van der Waals surface area contributed by atoms with E-state index in [9.17, 15) is 14.7 Å². The summed E-state index contributed by atoms with van der Waals surface area (Å²) in [5.74, 6) is 0.296. The van der Waals surface area contributed by atoms with Gasteiger partial charge in [0.2, 0.25) is 0 Å². The van der Waals surface area contributed by atoms with Crippen molar-refractivity contribution < 1.29 is 9.50 Å². The van der Waals surface area contributed by atoms with E-state index in [0.29, 0.717) is 45.1 Å². The highest BCUT2D eigenvalue weighted by Crippen LogP contribution is 2.30. The van der Waals surface area contributed by atoms with Crippen LogP contribution in [-0.2, 0) is 13.7 Å². The molecule has 0 radical (unpaired) electrons. The van der Waals surface area contributed by atoms with Gasteiger partial charge in [-0.1, -0.05) is 37.3 Å². The van der Waals surface area contributed by atoms with Crippen molar-refractivity contribution in [2.45, 2.75) is 39.2 Å². The molecular formula is C35H36FN7O3. The van der Waals surface area contributed by atoms with Gasteiger partial charge in [0.1, 0.15) is 17.3 Å². The van der Waals surface area contributed by atoms with Crippen molar-refractivity contribution in [2.24, 2.45) is 7.05 Å². The summed E-state index contributed by atoms with van der Waals surface area (Å²) in [4.78, 5) is 33.7. The predicted molar refractivity (Wildman–Crippen MR) is 178 cm³/mol. The number of aliphatic hydroxyl groups excluding tert-OH is 1. The minimum atomic E-state index is -0.683. The number of piperidine rings is 1. The molecule has 2 N–H and O–H groups in total. The minimum absolute atomic E-state index is 0.119. The Kier molecular flexibility index (Phi) is 8.61. The van der Waals surface area contributed by atoms with Crippen LogP contribution in [0.3, 0.4) is 0 Å². The summed E-state index contributed by atoms with van der Waals surface area (Å²) in [7, 11) is 1.54. The number of rotatable bonds is 8. The maximum absolute atomic E-state index is 15.2. The molecule has 3 aromatic heterocycles. The lowest BCUT2D eigenvalue weighted by Gasteiger charge is -2.31. The van der Waals surface area contributed by atoms with Crippen LogP contribution in [-0.4, -0.2) is 54.2 Å². The number of anilines is 2. The van der Waals surface area contributed by atoms with Gasteiger partial charge in [-0.15, -0.1) is 0 Å². The number of nitrogens with zero attached hydrogens (tertiary/aromatic N) is 6. The van der Waals surface area contributed by atoms with E-state index < -0.39 is 18.0 Å². The van der Waals surface area contributed by atoms with E-state index in [2.05, 4.69) is 45.0 Å². The van der Waals surface area contributed by atoms with Gasteiger partial charge in [-0.05, 0) is 86.8 Å². The number of benzene rings is 2. The van der Waals surface area contributed by atoms with E-state index in [-0.39, 0.29) is 22.3 Å². The molecule has 236 valence electrons. The third kappa shape index (κ3) is 5.86. The molecule has 1 aliphatic rings. The van der Waals surface area contributed by atoms with E-state index in [0.717, 1.165) is 37.2 Å². The number of aliphatic hydroxyl groups is 1. The zero-order valence-corrected chi connectivity index (χ0v) is 26.1. The van der Waals surface area contributed by atoms with E-state index in [4.69, 9.17) is 0 Å². The van der Waals surface area contributed by atoms with Crippen molar-refractivity contribution in [3.8, 4) is 16.9 Å². The van der Waals surface area contributed by atoms with Crippen molar-refractivity contribution in [1.29, 1.82) is 0 Å². The van der Waals surface area contributed by atoms with Crippen LogP contribution < -0.4 is 16.4 Å². The molecule has 2 aromatic carbocycles. The van der Waals surface area contributed by atoms with Gasteiger partial charge in [0, 0.05) is 29.8 Å². The molecule has 0 aliphatic carbocycles. The van der Waals surface area contributed by atoms with Gasteiger partial charge in [0.05, 0.1) is 29.6 Å². The summed E-state index contributed by atoms with van der Waals surface area (Å²) >= 11 is 0. The second-order valence-electron chi connectivity index (χ2n) is 11.7. The number of allylic oxidation sites excluding steroid dienone is 1. The van der Waals surface area contributed by atoms with Crippen molar-refractivity contribution in [1.82, 2.24) is 29.4 Å². The predicted octanol–water partition coefficient (Wildman–Crippen LogP) is 5.15. The Bertz CT molecular complexity index is 2060. The Hall–Kier alpha value is -5.00. The van der Waals surface area contributed by atoms with Crippen molar-refractivity contribution >= 4 is 27.9 Å². The highest BCUT2D eigenvalue weighted by molar-refractivity contribution is 5.85. The lowest BCUT2D eigenvalue weighted by molar-refractivity contribution is 0.222. The maximum Gasteiger partial charge on any atom is 0.290 e. The summed E-state index contributed by atoms with van der Waals surface area (Å²) in [6, 6.07) is 13.5. The number of likely N-dealkylation sites (tertiary alicyclic amines) is 1. The molecule has 1 saturated heterocycles. The number of fused-ring (bicyclic) bond motifs is 1. The largest absolute Gasteiger partial charge is 0.392 e. The monoisotopic (exact) mass is 621 g/mol. The lowest BCUT2D eigenvalue weighted by Crippen LogP contribution is -2.32. The van der Waals surface area contributed by atoms with Crippen LogP contribution in [0.5, 0.6) is 0 Å². The van der Waals surface area contributed by atoms with Crippen LogP contribution in [0.15, 0.2) is 77.1 Å². The molecule has 6 rings (SSSR count). The average Bonchev–Trinajstić information content (AvgIpc) is 3.06. The molecule has 0 amide bonds. The normalized spacial score (nSPS) is 14.1. The van der Waals surface area contributed by atoms with Crippen LogP contribution in [0.4, 0.5) is 15.9 Å². The Morgan fingerprint density at radius 1 is 1.09 bits per heavy atom. The third-order valence-electron chi connectivity index (χ3n) is 8.76. The summed E-state index contributed by atoms with van der Waals surface area (Å²) in [6.45, 7) is 10.5. The summed E-state index contributed by atoms with van der Waals surface area (Å²) in [5, 5.41) is 22.6. The topological polar surface area (TPSA) is 118 Å². The molecular weight excluding hydrogens is 585 g/mol. The van der Waals surface area contributed by atoms with Gasteiger partial charge in [-0.25, -0.2) is 14.1 Å². The fourth-order valence-corrected chi connectivity index (χ4v) is 6.10. The quantitative estimate of drug-likeness (QED) is 0.244. The molecule has 5 aromatic rings. The third-order valence-corrected chi connectivity index (χ3v) is 8.76. The zero-order chi connectivity index (χ0) is 32.5. The number of hydrogen-bond acceptors (Lipinski definition) is 8. The standard InChI is InChI=1S/C35H36FN7O3/c1-5-42-13-11-22(12-14-42)23-9-10-32(37-18-23)39-30-17-29(40-41(4)34(30)45)26-7-6-8-31(27(26)20-44)43-35(46)33-25(19-38-43)15-24(21(2)3)16-28(33)36/h6-10,15-19,22,44H,2,5,11-14,20H2,1,3-4H3,(H,37,39). The Morgan fingerprint density at radius 3 is 2.54 bits per heavy atom. The maximum atomic E-state index is 15.2. The van der Waals surface area contributed by atoms with Crippen LogP contribution in [0.1, 0.15) is 49.3 Å². The summed E-state index contributed by atoms with van der Waals surface area (Å²) in [6.07, 6.45) is 5.47. The molecule has 0 atom stereocenters. The number of aryl methyl sites for hydroxylation is 1. The zero-order valence-electron chi connectivity index (χ0n) is 26.1. The van der Waals surface area contributed by atoms with Gasteiger partial charge in [-0.3, -0.25) is 9.59 Å². The van der Waals surface area contributed by atoms with Gasteiger partial charge in [0.15, 0.2) is 0 Å². The first-order chi connectivity index (χ1) is 22.2. The highest BCUT2D eigenvalue weighted by atomic mass is 19.1. The first-order valence-electron chi connectivity index (χ1n) is 15.3. The minimum Gasteiger partial charge on any atom is -0.392 e. The fraction of sp³-hybridized carbons (Fsp3) is 0.286. The molecule has 0 saturated carbocycles. The second-order valence-corrected chi connectivity index (χ2v) is 11.7. The Morgan fingerprint density at radius 2 is 1.87 bits per heavy atom. The van der Waals surface area contributed by atoms with Crippen LogP contribution >= 0.6 is 0 Å². The Balaban J connectivity index is 1.34. The van der Waals surface area contributed by atoms with Crippen LogP contribution in [0.2, 0.25) is 0 Å². The van der Waals surface area contributed by atoms with Crippen LogP contribution in [0, 0.1) is 5.82 Å². The Labute approximate surface area is 265 Å². The van der Waals surface area contributed by atoms with Gasteiger partial charge < -0.3 is 15.3 Å². The SMILES string of the molecule is C=C(C)c1cc(F)c2c(=O)n(-c3cccc(-c4cc(Nc5ccc(C6CCN(CC)CC6)cn5)c(=O)n(C)n4)c3CO)ncc2c1. The second kappa shape index (κ2) is 12.8. The first kappa shape index (κ1) is 31.0. The van der Waals surface area contributed by atoms with Crippen molar-refractivity contribution in [2.75, 3.05) is 25.0 Å². The first-order valence-corrected chi connectivity index (χ1v) is 15.3. The van der Waals surface area contributed by atoms with Gasteiger partial charge in [-0.2, -0.15) is 14.9 Å². The molecule has 11 heteroatoms. The molecule has 1 aliphatic heterocycles. The molecule has 46 heavy (non-hydrogen) atoms. The fourth-order valence-electron chi connectivity index (χ4n) is 6.10. The number of hydrogen-bond donors (Lipinski definition) is 2. The smallest absolute Gasteiger partial charge is 0.290 e. The molecule has 0 spiro atoms.